The lowest BCUT2D eigenvalue weighted by Crippen LogP contribution is -2.44. The molecule has 0 spiro atoms. The molecule has 1 fully saturated rings. The smallest absolute Gasteiger partial charge is 0.280 e. The van der Waals surface area contributed by atoms with Gasteiger partial charge in [-0.3, -0.25) is 19.4 Å². The van der Waals surface area contributed by atoms with Crippen molar-refractivity contribution in [1.29, 1.82) is 0 Å². The molecule has 3 aromatic rings. The number of aromatic nitrogens is 2. The van der Waals surface area contributed by atoms with Crippen LogP contribution in [0.5, 0.6) is 0 Å². The number of benzene rings is 1. The van der Waals surface area contributed by atoms with Crippen LogP contribution in [0, 0.1) is 5.92 Å². The Bertz CT molecular complexity index is 1130. The van der Waals surface area contributed by atoms with E-state index in [4.69, 9.17) is 0 Å². The molecule has 1 aliphatic rings. The fourth-order valence-electron chi connectivity index (χ4n) is 4.30. The van der Waals surface area contributed by atoms with Crippen molar-refractivity contribution in [3.05, 3.63) is 59.4 Å². The number of para-hydroxylation sites is 1. The van der Waals surface area contributed by atoms with Gasteiger partial charge in [-0.05, 0) is 36.6 Å². The van der Waals surface area contributed by atoms with Crippen molar-refractivity contribution in [3.8, 4) is 0 Å². The highest BCUT2D eigenvalue weighted by atomic mass is 32.1. The Kier molecular flexibility index (Phi) is 7.52. The highest BCUT2D eigenvalue weighted by molar-refractivity contribution is 7.20. The molecule has 34 heavy (non-hydrogen) atoms. The van der Waals surface area contributed by atoms with E-state index in [2.05, 4.69) is 15.3 Å². The van der Waals surface area contributed by atoms with Gasteiger partial charge in [-0.2, -0.15) is 0 Å². The van der Waals surface area contributed by atoms with Crippen LogP contribution in [0.15, 0.2) is 48.8 Å². The van der Waals surface area contributed by atoms with Crippen molar-refractivity contribution in [3.63, 3.8) is 0 Å². The van der Waals surface area contributed by atoms with E-state index in [1.54, 1.807) is 36.3 Å². The first-order valence-corrected chi connectivity index (χ1v) is 12.3. The van der Waals surface area contributed by atoms with Gasteiger partial charge in [-0.15, -0.1) is 11.3 Å². The SMILES string of the molecule is CN1CC(NC(=O)c2nc3ccccc3s2)CCCC(C(=O)N(C)Cc2cccnc2)CC1=O. The molecule has 0 bridgehead atoms. The Balaban J connectivity index is 1.39. The molecule has 2 unspecified atom stereocenters. The monoisotopic (exact) mass is 479 g/mol. The normalized spacial score (nSPS) is 19.2. The number of rotatable bonds is 5. The van der Waals surface area contributed by atoms with Crippen molar-refractivity contribution in [1.82, 2.24) is 25.1 Å². The van der Waals surface area contributed by atoms with Gasteiger partial charge in [0.25, 0.3) is 5.91 Å². The molecule has 0 radical (unpaired) electrons. The first-order chi connectivity index (χ1) is 16.4. The van der Waals surface area contributed by atoms with Crippen LogP contribution in [-0.2, 0) is 16.1 Å². The number of hydrogen-bond acceptors (Lipinski definition) is 6. The average molecular weight is 480 g/mol. The van der Waals surface area contributed by atoms with Crippen LogP contribution in [0.1, 0.15) is 41.0 Å². The number of fused-ring (bicyclic) bond motifs is 1. The third kappa shape index (κ3) is 5.77. The molecule has 8 nitrogen and oxygen atoms in total. The first-order valence-electron chi connectivity index (χ1n) is 11.4. The molecule has 3 amide bonds. The highest BCUT2D eigenvalue weighted by Crippen LogP contribution is 2.23. The van der Waals surface area contributed by atoms with Crippen molar-refractivity contribution in [2.45, 2.75) is 38.3 Å². The molecule has 1 saturated heterocycles. The van der Waals surface area contributed by atoms with Crippen LogP contribution in [0.3, 0.4) is 0 Å². The van der Waals surface area contributed by atoms with Gasteiger partial charge in [0.2, 0.25) is 11.8 Å². The van der Waals surface area contributed by atoms with Gasteiger partial charge in [0, 0.05) is 58.0 Å². The number of pyridine rings is 1. The van der Waals surface area contributed by atoms with Crippen molar-refractivity contribution < 1.29 is 14.4 Å². The topological polar surface area (TPSA) is 95.5 Å². The number of hydrogen-bond donors (Lipinski definition) is 1. The van der Waals surface area contributed by atoms with E-state index in [0.717, 1.165) is 22.2 Å². The predicted molar refractivity (Wildman–Crippen MR) is 131 cm³/mol. The van der Waals surface area contributed by atoms with Gasteiger partial charge < -0.3 is 15.1 Å². The molecule has 2 atom stereocenters. The standard InChI is InChI=1S/C25H29N5O3S/c1-29-16-19(27-23(32)24-28-20-10-3-4-11-21(20)34-24)9-5-8-18(13-22(29)31)25(33)30(2)15-17-7-6-12-26-14-17/h3-4,6-7,10-12,14,18-19H,5,8-9,13,15-16H2,1-2H3,(H,27,32). The zero-order valence-electron chi connectivity index (χ0n) is 19.4. The summed E-state index contributed by atoms with van der Waals surface area (Å²) in [4.78, 5) is 50.7. The van der Waals surface area contributed by atoms with Gasteiger partial charge >= 0.3 is 0 Å². The highest BCUT2D eigenvalue weighted by Gasteiger charge is 2.29. The molecule has 0 saturated carbocycles. The Labute approximate surface area is 203 Å². The largest absolute Gasteiger partial charge is 0.345 e. The number of thiazole rings is 1. The van der Waals surface area contributed by atoms with Crippen molar-refractivity contribution >= 4 is 39.3 Å². The molecule has 178 valence electrons. The van der Waals surface area contributed by atoms with Crippen LogP contribution in [0.25, 0.3) is 10.2 Å². The average Bonchev–Trinajstić information content (AvgIpc) is 3.29. The maximum Gasteiger partial charge on any atom is 0.280 e. The summed E-state index contributed by atoms with van der Waals surface area (Å²) < 4.78 is 0.964. The summed E-state index contributed by atoms with van der Waals surface area (Å²) in [7, 11) is 3.49. The van der Waals surface area contributed by atoms with Gasteiger partial charge in [-0.25, -0.2) is 4.98 Å². The Morgan fingerprint density at radius 3 is 2.79 bits per heavy atom. The second-order valence-electron chi connectivity index (χ2n) is 8.82. The summed E-state index contributed by atoms with van der Waals surface area (Å²) in [5.41, 5.74) is 1.75. The summed E-state index contributed by atoms with van der Waals surface area (Å²) in [6, 6.07) is 11.2. The Morgan fingerprint density at radius 1 is 1.21 bits per heavy atom. The summed E-state index contributed by atoms with van der Waals surface area (Å²) >= 11 is 1.36. The second-order valence-corrected chi connectivity index (χ2v) is 9.85. The van der Waals surface area contributed by atoms with E-state index in [9.17, 15) is 14.4 Å². The lowest BCUT2D eigenvalue weighted by Gasteiger charge is -2.25. The van der Waals surface area contributed by atoms with E-state index in [-0.39, 0.29) is 36.1 Å². The summed E-state index contributed by atoms with van der Waals surface area (Å²) in [5, 5.41) is 3.47. The Morgan fingerprint density at radius 2 is 2.03 bits per heavy atom. The third-order valence-electron chi connectivity index (χ3n) is 6.14. The molecule has 2 aromatic heterocycles. The fraction of sp³-hybridized carbons (Fsp3) is 0.400. The number of carbonyl (C=O) groups excluding carboxylic acids is 3. The van der Waals surface area contributed by atoms with Crippen molar-refractivity contribution in [2.75, 3.05) is 20.6 Å². The minimum Gasteiger partial charge on any atom is -0.345 e. The van der Waals surface area contributed by atoms with E-state index < -0.39 is 0 Å². The van der Waals surface area contributed by atoms with E-state index in [1.165, 1.54) is 11.3 Å². The molecular formula is C25H29N5O3S. The summed E-state index contributed by atoms with van der Waals surface area (Å²) in [6.45, 7) is 0.857. The maximum absolute atomic E-state index is 13.1. The lowest BCUT2D eigenvalue weighted by atomic mass is 9.95. The van der Waals surface area contributed by atoms with Gasteiger partial charge in [0.1, 0.15) is 0 Å². The zero-order chi connectivity index (χ0) is 24.1. The lowest BCUT2D eigenvalue weighted by molar-refractivity contribution is -0.140. The van der Waals surface area contributed by atoms with Gasteiger partial charge in [0.15, 0.2) is 5.01 Å². The molecule has 1 N–H and O–H groups in total. The molecular weight excluding hydrogens is 450 g/mol. The van der Waals surface area contributed by atoms with Gasteiger partial charge in [0.05, 0.1) is 10.2 Å². The van der Waals surface area contributed by atoms with Crippen LogP contribution in [0.4, 0.5) is 0 Å². The molecule has 4 rings (SSSR count). The molecule has 0 aliphatic carbocycles. The number of nitrogens with one attached hydrogen (secondary N) is 1. The van der Waals surface area contributed by atoms with Gasteiger partial charge in [-0.1, -0.05) is 24.6 Å². The fourth-order valence-corrected chi connectivity index (χ4v) is 5.17. The van der Waals surface area contributed by atoms with Crippen LogP contribution < -0.4 is 5.32 Å². The zero-order valence-corrected chi connectivity index (χ0v) is 20.3. The van der Waals surface area contributed by atoms with Crippen LogP contribution in [0.2, 0.25) is 0 Å². The Hall–Kier alpha value is -3.33. The molecule has 1 aromatic carbocycles. The van der Waals surface area contributed by atoms with Crippen molar-refractivity contribution in [2.24, 2.45) is 5.92 Å². The number of amides is 3. The first kappa shape index (κ1) is 23.8. The molecule has 9 heteroatoms. The summed E-state index contributed by atoms with van der Waals surface area (Å²) in [5.74, 6) is -0.734. The maximum atomic E-state index is 13.1. The van der Waals surface area contributed by atoms with Crippen LogP contribution >= 0.6 is 11.3 Å². The minimum atomic E-state index is -0.379. The summed E-state index contributed by atoms with van der Waals surface area (Å²) in [6.07, 6.45) is 5.64. The number of likely N-dealkylation sites (N-methyl/N-ethyl adjacent to an activating group) is 1. The number of nitrogens with zero attached hydrogens (tertiary/aromatic N) is 4. The van der Waals surface area contributed by atoms with Crippen LogP contribution in [-0.4, -0.2) is 64.2 Å². The van der Waals surface area contributed by atoms with E-state index in [0.29, 0.717) is 30.9 Å². The molecule has 3 heterocycles. The second kappa shape index (κ2) is 10.7. The molecule has 1 aliphatic heterocycles. The third-order valence-corrected chi connectivity index (χ3v) is 7.17. The predicted octanol–water partition coefficient (Wildman–Crippen LogP) is 3.10. The van der Waals surface area contributed by atoms with E-state index >= 15 is 0 Å². The minimum absolute atomic E-state index is 0.0393. The number of carbonyl (C=O) groups is 3. The van der Waals surface area contributed by atoms with E-state index in [1.807, 2.05) is 36.4 Å². The quantitative estimate of drug-likeness (QED) is 0.607.